The lowest BCUT2D eigenvalue weighted by Crippen LogP contribution is -2.02. The van der Waals surface area contributed by atoms with Crippen molar-refractivity contribution in [3.8, 4) is 17.1 Å². The van der Waals surface area contributed by atoms with Crippen LogP contribution in [-0.2, 0) is 17.4 Å². The van der Waals surface area contributed by atoms with Gasteiger partial charge in [-0.1, -0.05) is 60.7 Å². The lowest BCUT2D eigenvalue weighted by Gasteiger charge is -2.11. The van der Waals surface area contributed by atoms with E-state index in [4.69, 9.17) is 13.9 Å². The second kappa shape index (κ2) is 8.67. The molecule has 9 heteroatoms. The van der Waals surface area contributed by atoms with Crippen LogP contribution in [0.1, 0.15) is 22.7 Å². The molecule has 5 aromatic rings. The average Bonchev–Trinajstić information content (AvgIpc) is 3.43. The van der Waals surface area contributed by atoms with Crippen molar-refractivity contribution < 1.29 is 23.3 Å². The number of benzene rings is 2. The summed E-state index contributed by atoms with van der Waals surface area (Å²) < 4.78 is 23.9. The maximum atomic E-state index is 11.8. The number of phosphoric ester groups is 1. The van der Waals surface area contributed by atoms with Crippen LogP contribution in [0, 0.1) is 0 Å². The fraction of sp³-hybridized carbons (Fsp3) is 0.0833. The van der Waals surface area contributed by atoms with Gasteiger partial charge in [0.2, 0.25) is 5.88 Å². The number of hydrogen-bond donors (Lipinski definition) is 2. The number of aromatic nitrogens is 3. The Morgan fingerprint density at radius 3 is 2.27 bits per heavy atom. The van der Waals surface area contributed by atoms with Crippen molar-refractivity contribution in [1.82, 2.24) is 14.4 Å². The van der Waals surface area contributed by atoms with Crippen LogP contribution < -0.4 is 4.52 Å². The van der Waals surface area contributed by atoms with E-state index in [9.17, 15) is 14.4 Å². The van der Waals surface area contributed by atoms with E-state index in [1.165, 1.54) is 6.26 Å². The lowest BCUT2D eigenvalue weighted by molar-refractivity contribution is 0.277. The Morgan fingerprint density at radius 2 is 1.61 bits per heavy atom. The van der Waals surface area contributed by atoms with E-state index in [2.05, 4.69) is 4.98 Å². The van der Waals surface area contributed by atoms with E-state index in [-0.39, 0.29) is 12.3 Å². The van der Waals surface area contributed by atoms with Gasteiger partial charge in [-0.2, -0.15) is 0 Å². The topological polar surface area (TPSA) is 110 Å². The molecule has 3 heterocycles. The molecule has 2 aromatic carbocycles. The number of rotatable bonds is 7. The van der Waals surface area contributed by atoms with E-state index in [1.807, 2.05) is 60.7 Å². The first-order valence-corrected chi connectivity index (χ1v) is 11.8. The molecule has 0 aliphatic rings. The molecule has 2 N–H and O–H groups in total. The number of furan rings is 1. The number of hydrogen-bond acceptors (Lipinski definition) is 5. The van der Waals surface area contributed by atoms with Crippen LogP contribution in [0.5, 0.6) is 5.88 Å². The predicted molar refractivity (Wildman–Crippen MR) is 122 cm³/mol. The Morgan fingerprint density at radius 1 is 0.879 bits per heavy atom. The third-order valence-corrected chi connectivity index (χ3v) is 5.52. The second-order valence-electron chi connectivity index (χ2n) is 7.50. The minimum atomic E-state index is -4.86. The molecule has 0 unspecified atom stereocenters. The highest BCUT2D eigenvalue weighted by molar-refractivity contribution is 7.46. The monoisotopic (exact) mass is 461 g/mol. The molecule has 0 saturated carbocycles. The fourth-order valence-corrected chi connectivity index (χ4v) is 4.11. The number of imidazole rings is 1. The maximum absolute atomic E-state index is 11.8. The molecule has 0 aliphatic carbocycles. The summed E-state index contributed by atoms with van der Waals surface area (Å²) in [6, 6.07) is 22.9. The van der Waals surface area contributed by atoms with Crippen LogP contribution in [0.3, 0.4) is 0 Å². The molecule has 8 nitrogen and oxygen atoms in total. The highest BCUT2D eigenvalue weighted by atomic mass is 31.2. The minimum Gasteiger partial charge on any atom is -0.469 e. The van der Waals surface area contributed by atoms with Gasteiger partial charge in [-0.25, -0.2) is 14.5 Å². The zero-order valence-corrected chi connectivity index (χ0v) is 18.3. The highest BCUT2D eigenvalue weighted by Gasteiger charge is 2.26. The molecular formula is C24H20N3O5P. The van der Waals surface area contributed by atoms with Crippen LogP contribution in [0.15, 0.2) is 89.7 Å². The quantitative estimate of drug-likeness (QED) is 0.340. The highest BCUT2D eigenvalue weighted by Crippen LogP contribution is 2.40. The predicted octanol–water partition coefficient (Wildman–Crippen LogP) is 4.64. The molecule has 3 aromatic heterocycles. The second-order valence-corrected chi connectivity index (χ2v) is 8.66. The van der Waals surface area contributed by atoms with Gasteiger partial charge in [0.1, 0.15) is 11.5 Å². The van der Waals surface area contributed by atoms with Gasteiger partial charge in [-0.15, -0.1) is 0 Å². The summed E-state index contributed by atoms with van der Waals surface area (Å²) in [6.07, 6.45) is 3.90. The zero-order chi connectivity index (χ0) is 22.8. The van der Waals surface area contributed by atoms with Gasteiger partial charge in [-0.05, 0) is 17.7 Å². The Labute approximate surface area is 189 Å². The molecule has 33 heavy (non-hydrogen) atoms. The zero-order valence-electron chi connectivity index (χ0n) is 17.4. The Balaban J connectivity index is 1.73. The largest absolute Gasteiger partial charge is 0.526 e. The molecule has 0 fully saturated rings. The number of fused-ring (bicyclic) bond motifs is 1. The lowest BCUT2D eigenvalue weighted by atomic mass is 10.1. The van der Waals surface area contributed by atoms with Crippen LogP contribution in [0.2, 0.25) is 0 Å². The van der Waals surface area contributed by atoms with Gasteiger partial charge in [0.25, 0.3) is 0 Å². The maximum Gasteiger partial charge on any atom is 0.526 e. The summed E-state index contributed by atoms with van der Waals surface area (Å²) in [5.41, 5.74) is 3.98. The van der Waals surface area contributed by atoms with Crippen molar-refractivity contribution in [3.63, 3.8) is 0 Å². The summed E-state index contributed by atoms with van der Waals surface area (Å²) in [5.74, 6) is 0.554. The average molecular weight is 461 g/mol. The van der Waals surface area contributed by atoms with E-state index in [0.29, 0.717) is 34.9 Å². The smallest absolute Gasteiger partial charge is 0.469 e. The molecule has 0 atom stereocenters. The summed E-state index contributed by atoms with van der Waals surface area (Å²) in [4.78, 5) is 28.7. The van der Waals surface area contributed by atoms with E-state index >= 15 is 0 Å². The Hall–Kier alpha value is -3.71. The van der Waals surface area contributed by atoms with Crippen molar-refractivity contribution in [1.29, 1.82) is 0 Å². The SMILES string of the molecule is O=P(O)(O)Oc1c(Cc2ccco2)nc2c(Cc3ccccc3)nc(-c3ccccc3)cn12. The van der Waals surface area contributed by atoms with E-state index < -0.39 is 7.82 Å². The van der Waals surface area contributed by atoms with Gasteiger partial charge >= 0.3 is 7.82 Å². The number of phosphoric acid groups is 1. The van der Waals surface area contributed by atoms with Gasteiger partial charge in [-0.3, -0.25) is 14.2 Å². The van der Waals surface area contributed by atoms with Crippen molar-refractivity contribution >= 4 is 13.5 Å². The van der Waals surface area contributed by atoms with Gasteiger partial charge in [0.05, 0.1) is 24.1 Å². The Kier molecular flexibility index (Phi) is 5.56. The normalized spacial score (nSPS) is 11.7. The van der Waals surface area contributed by atoms with Crippen molar-refractivity contribution in [3.05, 3.63) is 108 Å². The van der Waals surface area contributed by atoms with Gasteiger partial charge in [0.15, 0.2) is 5.65 Å². The minimum absolute atomic E-state index is 0.0383. The molecule has 0 radical (unpaired) electrons. The molecule has 0 amide bonds. The molecule has 0 aliphatic heterocycles. The number of nitrogens with zero attached hydrogens (tertiary/aromatic N) is 3. The standard InChI is InChI=1S/C24H20N3O5P/c28-33(29,30)32-24-21(15-19-12-7-13-31-19)26-23-20(14-17-8-3-1-4-9-17)25-22(16-27(23)24)18-10-5-2-6-11-18/h1-13,16H,14-15H2,(H2,28,29,30). The molecular weight excluding hydrogens is 441 g/mol. The molecule has 5 rings (SSSR count). The van der Waals surface area contributed by atoms with Gasteiger partial charge < -0.3 is 8.94 Å². The molecule has 0 saturated heterocycles. The van der Waals surface area contributed by atoms with Crippen LogP contribution in [0.25, 0.3) is 16.9 Å². The van der Waals surface area contributed by atoms with Crippen LogP contribution in [0.4, 0.5) is 0 Å². The fourth-order valence-electron chi connectivity index (χ4n) is 3.69. The first-order valence-electron chi connectivity index (χ1n) is 10.2. The summed E-state index contributed by atoms with van der Waals surface area (Å²) in [7, 11) is -4.86. The third-order valence-electron chi connectivity index (χ3n) is 5.11. The Bertz CT molecular complexity index is 1430. The summed E-state index contributed by atoms with van der Waals surface area (Å²) >= 11 is 0. The van der Waals surface area contributed by atoms with E-state index in [1.54, 1.807) is 22.7 Å². The molecule has 0 bridgehead atoms. The van der Waals surface area contributed by atoms with E-state index in [0.717, 1.165) is 11.1 Å². The van der Waals surface area contributed by atoms with Crippen molar-refractivity contribution in [2.24, 2.45) is 0 Å². The first kappa shape index (κ1) is 21.2. The molecule has 166 valence electrons. The summed E-state index contributed by atoms with van der Waals surface area (Å²) in [6.45, 7) is 0. The molecule has 0 spiro atoms. The summed E-state index contributed by atoms with van der Waals surface area (Å²) in [5, 5.41) is 0. The van der Waals surface area contributed by atoms with Crippen LogP contribution >= 0.6 is 7.82 Å². The van der Waals surface area contributed by atoms with Crippen LogP contribution in [-0.4, -0.2) is 24.2 Å². The van der Waals surface area contributed by atoms with Gasteiger partial charge in [0, 0.05) is 18.2 Å². The van der Waals surface area contributed by atoms with Crippen molar-refractivity contribution in [2.45, 2.75) is 12.8 Å². The van der Waals surface area contributed by atoms with Crippen molar-refractivity contribution in [2.75, 3.05) is 0 Å². The first-order chi connectivity index (χ1) is 16.0. The third kappa shape index (κ3) is 4.73.